The van der Waals surface area contributed by atoms with Gasteiger partial charge in [0.15, 0.2) is 0 Å². The molecule has 0 spiro atoms. The number of carbonyl (C=O) groups excluding carboxylic acids is 2. The van der Waals surface area contributed by atoms with Crippen LogP contribution in [0.2, 0.25) is 0 Å². The normalized spacial score (nSPS) is 14.0. The largest absolute Gasteiger partial charge is 0.381 e. The molecule has 0 aromatic rings. The molecule has 0 rings (SSSR count). The van der Waals surface area contributed by atoms with Gasteiger partial charge in [0.05, 0.1) is 12.5 Å². The summed E-state index contributed by atoms with van der Waals surface area (Å²) in [7, 11) is 3.12. The first-order valence-electron chi connectivity index (χ1n) is 5.29. The highest BCUT2D eigenvalue weighted by Gasteiger charge is 2.13. The molecule has 2 amide bonds. The van der Waals surface area contributed by atoms with Gasteiger partial charge in [-0.05, 0) is 13.3 Å². The van der Waals surface area contributed by atoms with E-state index in [0.717, 1.165) is 0 Å². The molecule has 0 aromatic carbocycles. The van der Waals surface area contributed by atoms with Gasteiger partial charge in [-0.1, -0.05) is 6.92 Å². The second kappa shape index (κ2) is 8.10. The fraction of sp³-hybridized carbons (Fsp3) is 0.727. The van der Waals surface area contributed by atoms with Crippen LogP contribution in [0.4, 0.5) is 0 Å². The maximum absolute atomic E-state index is 11.1. The zero-order valence-electron chi connectivity index (χ0n) is 10.1. The van der Waals surface area contributed by atoms with Crippen LogP contribution in [0.3, 0.4) is 0 Å². The van der Waals surface area contributed by atoms with Gasteiger partial charge >= 0.3 is 0 Å². The Labute approximate surface area is 96.9 Å². The fourth-order valence-corrected chi connectivity index (χ4v) is 1.11. The van der Waals surface area contributed by atoms with E-state index >= 15 is 0 Å². The minimum Gasteiger partial charge on any atom is -0.381 e. The summed E-state index contributed by atoms with van der Waals surface area (Å²) >= 11 is 0. The van der Waals surface area contributed by atoms with Crippen molar-refractivity contribution in [2.75, 3.05) is 27.3 Å². The lowest BCUT2D eigenvalue weighted by atomic mass is 10.1. The Bertz CT molecular complexity index is 207. The first-order valence-corrected chi connectivity index (χ1v) is 5.29. The topological polar surface area (TPSA) is 67.4 Å². The minimum atomic E-state index is -0.555. The monoisotopic (exact) mass is 228 g/mol. The molecule has 0 bridgehead atoms. The number of ether oxygens (including phenoxy) is 1. The third-order valence-corrected chi connectivity index (χ3v) is 2.22. The lowest BCUT2D eigenvalue weighted by Gasteiger charge is -2.12. The van der Waals surface area contributed by atoms with Crippen LogP contribution in [0, 0.1) is 18.8 Å². The Balaban J connectivity index is 3.60. The molecule has 0 fully saturated rings. The van der Waals surface area contributed by atoms with Gasteiger partial charge in [0, 0.05) is 26.6 Å². The van der Waals surface area contributed by atoms with E-state index in [9.17, 15) is 9.59 Å². The Morgan fingerprint density at radius 1 is 1.25 bits per heavy atom. The van der Waals surface area contributed by atoms with Crippen molar-refractivity contribution in [3.05, 3.63) is 6.92 Å². The van der Waals surface area contributed by atoms with Crippen LogP contribution in [0.1, 0.15) is 13.3 Å². The number of hydrogen-bond donors (Lipinski definition) is 2. The molecular weight excluding hydrogens is 208 g/mol. The van der Waals surface area contributed by atoms with E-state index in [0.29, 0.717) is 19.6 Å². The molecule has 5 nitrogen and oxygen atoms in total. The Morgan fingerprint density at radius 2 is 1.81 bits per heavy atom. The molecule has 92 valence electrons. The van der Waals surface area contributed by atoms with E-state index in [1.165, 1.54) is 7.05 Å². The van der Waals surface area contributed by atoms with E-state index in [1.807, 2.05) is 0 Å². The van der Waals surface area contributed by atoms with E-state index < -0.39 is 5.92 Å². The van der Waals surface area contributed by atoms with Gasteiger partial charge in [0.1, 0.15) is 0 Å². The summed E-state index contributed by atoms with van der Waals surface area (Å²) in [4.78, 5) is 22.2. The highest BCUT2D eigenvalue weighted by atomic mass is 16.5. The summed E-state index contributed by atoms with van der Waals surface area (Å²) in [6.07, 6.45) is 0.445. The van der Waals surface area contributed by atoms with Crippen LogP contribution in [0.5, 0.6) is 0 Å². The van der Waals surface area contributed by atoms with Gasteiger partial charge in [-0.25, -0.2) is 0 Å². The number of hydrogen-bond acceptors (Lipinski definition) is 3. The van der Waals surface area contributed by atoms with Crippen molar-refractivity contribution in [2.24, 2.45) is 11.8 Å². The van der Waals surface area contributed by atoms with Crippen LogP contribution < -0.4 is 10.6 Å². The summed E-state index contributed by atoms with van der Waals surface area (Å²) in [6.45, 7) is 8.04. The van der Waals surface area contributed by atoms with Gasteiger partial charge in [0.2, 0.25) is 11.8 Å². The third-order valence-electron chi connectivity index (χ3n) is 2.22. The maximum atomic E-state index is 11.1. The summed E-state index contributed by atoms with van der Waals surface area (Å²) in [5.41, 5.74) is 0. The zero-order chi connectivity index (χ0) is 12.6. The first kappa shape index (κ1) is 14.9. The highest BCUT2D eigenvalue weighted by Crippen LogP contribution is 2.03. The van der Waals surface area contributed by atoms with Gasteiger partial charge in [-0.15, -0.1) is 0 Å². The third kappa shape index (κ3) is 5.70. The zero-order valence-corrected chi connectivity index (χ0v) is 10.1. The lowest BCUT2D eigenvalue weighted by Crippen LogP contribution is -2.29. The number of amides is 2. The van der Waals surface area contributed by atoms with Crippen molar-refractivity contribution < 1.29 is 14.3 Å². The summed E-state index contributed by atoms with van der Waals surface area (Å²) in [6, 6.07) is 0. The first-order chi connectivity index (χ1) is 7.52. The van der Waals surface area contributed by atoms with Gasteiger partial charge in [0.25, 0.3) is 0 Å². The minimum absolute atomic E-state index is 0.0596. The number of nitrogens with one attached hydrogen (secondary N) is 2. The average Bonchev–Trinajstić information content (AvgIpc) is 2.31. The van der Waals surface area contributed by atoms with Gasteiger partial charge in [-0.2, -0.15) is 0 Å². The Kier molecular flexibility index (Phi) is 7.54. The molecule has 0 aromatic heterocycles. The molecule has 0 aliphatic carbocycles. The summed E-state index contributed by atoms with van der Waals surface area (Å²) in [5.74, 6) is -1.01. The van der Waals surface area contributed by atoms with Crippen LogP contribution in [-0.4, -0.2) is 39.1 Å². The second-order valence-electron chi connectivity index (χ2n) is 3.60. The van der Waals surface area contributed by atoms with Crippen LogP contribution in [0.25, 0.3) is 0 Å². The second-order valence-corrected chi connectivity index (χ2v) is 3.60. The quantitative estimate of drug-likeness (QED) is 0.595. The molecule has 0 heterocycles. The molecule has 2 atom stereocenters. The van der Waals surface area contributed by atoms with E-state index in [4.69, 9.17) is 11.7 Å². The Morgan fingerprint density at radius 3 is 2.31 bits per heavy atom. The van der Waals surface area contributed by atoms with Crippen LogP contribution in [0.15, 0.2) is 0 Å². The molecule has 5 heteroatoms. The highest BCUT2D eigenvalue weighted by molar-refractivity contribution is 5.79. The lowest BCUT2D eigenvalue weighted by molar-refractivity contribution is -0.127. The van der Waals surface area contributed by atoms with Crippen molar-refractivity contribution in [2.45, 2.75) is 13.3 Å². The predicted octanol–water partition coefficient (Wildman–Crippen LogP) is -0.152. The van der Waals surface area contributed by atoms with Crippen molar-refractivity contribution in [3.8, 4) is 0 Å². The number of rotatable bonds is 7. The van der Waals surface area contributed by atoms with Gasteiger partial charge < -0.3 is 15.4 Å². The standard InChI is InChI=1S/C11H20N2O3/c1-8(10(14)12-3)5-6-16-7-9(2)11(15)13-4/h1,8-9H,5-7H2,2-4H3,(H,12,14)(H,13,15). The van der Waals surface area contributed by atoms with E-state index in [2.05, 4.69) is 10.6 Å². The SMILES string of the molecule is [CH]C(CCOCC(C)C(=O)NC)C(=O)NC. The molecule has 0 saturated carbocycles. The molecule has 0 aliphatic rings. The van der Waals surface area contributed by atoms with E-state index in [-0.39, 0.29) is 17.7 Å². The number of carbonyl (C=O) groups is 2. The maximum Gasteiger partial charge on any atom is 0.224 e. The molecular formula is C11H20N2O3. The van der Waals surface area contributed by atoms with Crippen LogP contribution >= 0.6 is 0 Å². The van der Waals surface area contributed by atoms with Gasteiger partial charge in [-0.3, -0.25) is 9.59 Å². The smallest absolute Gasteiger partial charge is 0.224 e. The van der Waals surface area contributed by atoms with Crippen molar-refractivity contribution >= 4 is 11.8 Å². The molecule has 2 radical (unpaired) electrons. The Hall–Kier alpha value is -1.10. The van der Waals surface area contributed by atoms with Crippen molar-refractivity contribution in [1.82, 2.24) is 10.6 Å². The summed E-state index contributed by atoms with van der Waals surface area (Å²) in [5, 5.41) is 4.99. The average molecular weight is 228 g/mol. The van der Waals surface area contributed by atoms with Crippen molar-refractivity contribution in [3.63, 3.8) is 0 Å². The predicted molar refractivity (Wildman–Crippen MR) is 60.5 cm³/mol. The molecule has 0 aliphatic heterocycles. The van der Waals surface area contributed by atoms with Crippen LogP contribution in [-0.2, 0) is 14.3 Å². The molecule has 2 unspecified atom stereocenters. The molecule has 16 heavy (non-hydrogen) atoms. The molecule has 0 saturated heterocycles. The van der Waals surface area contributed by atoms with Crippen molar-refractivity contribution in [1.29, 1.82) is 0 Å². The fourth-order valence-electron chi connectivity index (χ4n) is 1.11. The molecule has 2 N–H and O–H groups in total. The summed E-state index contributed by atoms with van der Waals surface area (Å²) < 4.78 is 5.26. The van der Waals surface area contributed by atoms with E-state index in [1.54, 1.807) is 14.0 Å².